The second-order valence-electron chi connectivity index (χ2n) is 12.3. The summed E-state index contributed by atoms with van der Waals surface area (Å²) in [6, 6.07) is 6.62. The highest BCUT2D eigenvalue weighted by atomic mass is 19.1. The van der Waals surface area contributed by atoms with Crippen LogP contribution in [0.1, 0.15) is 75.9 Å². The van der Waals surface area contributed by atoms with Crippen molar-refractivity contribution in [2.45, 2.75) is 65.5 Å². The molecule has 3 aromatic heterocycles. The lowest BCUT2D eigenvalue weighted by Crippen LogP contribution is -2.46. The molecule has 0 fully saturated rings. The number of hydrazine groups is 1. The zero-order valence-corrected chi connectivity index (χ0v) is 25.0. The second kappa shape index (κ2) is 11.6. The SMILES string of the molecule is CC(C)(C)OC(=O)NN1CC=C(c2nc3nccc(-c4ccc(CNC(=O)c5nc(C(C)(C)C)no5)c(F)c4)c3[nH]2)CC1. The van der Waals surface area contributed by atoms with Crippen molar-refractivity contribution in [1.29, 1.82) is 0 Å². The zero-order valence-electron chi connectivity index (χ0n) is 25.0. The summed E-state index contributed by atoms with van der Waals surface area (Å²) in [6.07, 6.45) is 3.76. The van der Waals surface area contributed by atoms with Crippen LogP contribution in [0.15, 0.2) is 41.1 Å². The molecule has 3 N–H and O–H groups in total. The van der Waals surface area contributed by atoms with Crippen molar-refractivity contribution in [1.82, 2.24) is 40.8 Å². The summed E-state index contributed by atoms with van der Waals surface area (Å²) in [5, 5.41) is 8.26. The number of imidazole rings is 1. The number of nitrogens with one attached hydrogen (secondary N) is 3. The van der Waals surface area contributed by atoms with Crippen LogP contribution in [0.5, 0.6) is 0 Å². The van der Waals surface area contributed by atoms with E-state index in [2.05, 4.69) is 35.8 Å². The Bertz CT molecular complexity index is 1700. The van der Waals surface area contributed by atoms with Crippen molar-refractivity contribution >= 4 is 28.7 Å². The topological polar surface area (TPSA) is 151 Å². The highest BCUT2D eigenvalue weighted by molar-refractivity contribution is 5.91. The van der Waals surface area contributed by atoms with Crippen molar-refractivity contribution in [2.24, 2.45) is 0 Å². The Hall–Kier alpha value is -4.65. The van der Waals surface area contributed by atoms with Gasteiger partial charge >= 0.3 is 17.9 Å². The maximum Gasteiger partial charge on any atom is 0.422 e. The lowest BCUT2D eigenvalue weighted by atomic mass is 9.96. The molecule has 4 aromatic rings. The van der Waals surface area contributed by atoms with Gasteiger partial charge in [0.2, 0.25) is 0 Å². The van der Waals surface area contributed by atoms with E-state index in [9.17, 15) is 9.59 Å². The molecule has 12 nitrogen and oxygen atoms in total. The zero-order chi connectivity index (χ0) is 30.9. The molecule has 1 aliphatic heterocycles. The van der Waals surface area contributed by atoms with Crippen LogP contribution < -0.4 is 10.7 Å². The summed E-state index contributed by atoms with van der Waals surface area (Å²) in [7, 11) is 0. The molecule has 43 heavy (non-hydrogen) atoms. The van der Waals surface area contributed by atoms with Crippen LogP contribution in [0.2, 0.25) is 0 Å². The quantitative estimate of drug-likeness (QED) is 0.285. The number of nitrogens with zero attached hydrogens (tertiary/aromatic N) is 5. The van der Waals surface area contributed by atoms with Crippen molar-refractivity contribution in [2.75, 3.05) is 13.1 Å². The molecular weight excluding hydrogens is 555 g/mol. The van der Waals surface area contributed by atoms with E-state index in [-0.39, 0.29) is 17.9 Å². The molecule has 1 aliphatic rings. The molecule has 0 aliphatic carbocycles. The van der Waals surface area contributed by atoms with Gasteiger partial charge in [-0.05, 0) is 50.5 Å². The predicted octanol–water partition coefficient (Wildman–Crippen LogP) is 4.90. The summed E-state index contributed by atoms with van der Waals surface area (Å²) >= 11 is 0. The van der Waals surface area contributed by atoms with E-state index in [0.717, 1.165) is 11.1 Å². The number of pyridine rings is 1. The average Bonchev–Trinajstić information content (AvgIpc) is 3.60. The fourth-order valence-electron chi connectivity index (χ4n) is 4.45. The van der Waals surface area contributed by atoms with Crippen LogP contribution in [-0.4, -0.2) is 60.8 Å². The number of hydrogen-bond acceptors (Lipinski definition) is 9. The first-order valence-electron chi connectivity index (χ1n) is 14.0. The molecular formula is C30H35FN8O4. The molecule has 13 heteroatoms. The fourth-order valence-corrected chi connectivity index (χ4v) is 4.45. The van der Waals surface area contributed by atoms with E-state index in [0.29, 0.717) is 53.4 Å². The van der Waals surface area contributed by atoms with Gasteiger partial charge in [-0.25, -0.2) is 24.2 Å². The molecule has 226 valence electrons. The summed E-state index contributed by atoms with van der Waals surface area (Å²) < 4.78 is 25.6. The van der Waals surface area contributed by atoms with Crippen molar-refractivity contribution in [3.05, 3.63) is 65.5 Å². The van der Waals surface area contributed by atoms with Crippen LogP contribution >= 0.6 is 0 Å². The van der Waals surface area contributed by atoms with E-state index in [1.54, 1.807) is 29.4 Å². The maximum atomic E-state index is 15.2. The Morgan fingerprint density at radius 3 is 2.58 bits per heavy atom. The van der Waals surface area contributed by atoms with Crippen LogP contribution in [0.25, 0.3) is 27.9 Å². The molecule has 0 unspecified atom stereocenters. The van der Waals surface area contributed by atoms with Gasteiger partial charge in [0, 0.05) is 42.4 Å². The third-order valence-corrected chi connectivity index (χ3v) is 6.65. The van der Waals surface area contributed by atoms with Gasteiger partial charge in [0.15, 0.2) is 11.5 Å². The van der Waals surface area contributed by atoms with E-state index in [1.165, 1.54) is 6.07 Å². The van der Waals surface area contributed by atoms with E-state index in [4.69, 9.17) is 9.26 Å². The summed E-state index contributed by atoms with van der Waals surface area (Å²) in [6.45, 7) is 12.2. The van der Waals surface area contributed by atoms with Gasteiger partial charge in [-0.15, -0.1) is 0 Å². The van der Waals surface area contributed by atoms with Crippen molar-refractivity contribution in [3.8, 4) is 11.1 Å². The van der Waals surface area contributed by atoms with Gasteiger partial charge in [-0.3, -0.25) is 10.2 Å². The van der Waals surface area contributed by atoms with Gasteiger partial charge in [0.25, 0.3) is 0 Å². The van der Waals surface area contributed by atoms with E-state index < -0.39 is 23.4 Å². The maximum absolute atomic E-state index is 15.2. The molecule has 0 saturated carbocycles. The summed E-state index contributed by atoms with van der Waals surface area (Å²) in [5.41, 5.74) is 5.66. The van der Waals surface area contributed by atoms with Crippen LogP contribution in [0.3, 0.4) is 0 Å². The Kier molecular flexibility index (Phi) is 8.02. The molecule has 0 radical (unpaired) electrons. The fraction of sp³-hybridized carbons (Fsp3) is 0.400. The Morgan fingerprint density at radius 1 is 1.14 bits per heavy atom. The molecule has 2 amide bonds. The minimum absolute atomic E-state index is 0.0495. The number of aromatic amines is 1. The average molecular weight is 591 g/mol. The molecule has 5 rings (SSSR count). The van der Waals surface area contributed by atoms with Gasteiger partial charge in [-0.2, -0.15) is 4.98 Å². The predicted molar refractivity (Wildman–Crippen MR) is 157 cm³/mol. The van der Waals surface area contributed by atoms with Crippen molar-refractivity contribution in [3.63, 3.8) is 0 Å². The van der Waals surface area contributed by atoms with Gasteiger partial charge in [0.1, 0.15) is 17.2 Å². The smallest absolute Gasteiger partial charge is 0.422 e. The molecule has 0 atom stereocenters. The van der Waals surface area contributed by atoms with Gasteiger partial charge in [-0.1, -0.05) is 44.1 Å². The largest absolute Gasteiger partial charge is 0.443 e. The first-order valence-corrected chi connectivity index (χ1v) is 14.0. The number of carbonyl (C=O) groups excluding carboxylic acids is 2. The van der Waals surface area contributed by atoms with E-state index in [1.807, 2.05) is 47.6 Å². The van der Waals surface area contributed by atoms with Crippen molar-refractivity contribution < 1.29 is 23.2 Å². The number of benzene rings is 1. The first-order chi connectivity index (χ1) is 20.3. The summed E-state index contributed by atoms with van der Waals surface area (Å²) in [5.74, 6) is -0.140. The third-order valence-electron chi connectivity index (χ3n) is 6.65. The highest BCUT2D eigenvalue weighted by Gasteiger charge is 2.24. The summed E-state index contributed by atoms with van der Waals surface area (Å²) in [4.78, 5) is 41.1. The lowest BCUT2D eigenvalue weighted by molar-refractivity contribution is 0.0346. The highest BCUT2D eigenvalue weighted by Crippen LogP contribution is 2.30. The number of amides is 2. The monoisotopic (exact) mass is 590 g/mol. The molecule has 0 saturated heterocycles. The number of carbonyl (C=O) groups is 2. The molecule has 0 spiro atoms. The molecule has 4 heterocycles. The number of hydrogen-bond donors (Lipinski definition) is 3. The lowest BCUT2D eigenvalue weighted by Gasteiger charge is -2.28. The number of ether oxygens (including phenoxy) is 1. The van der Waals surface area contributed by atoms with Crippen LogP contribution in [0, 0.1) is 5.82 Å². The Labute approximate surface area is 248 Å². The van der Waals surface area contributed by atoms with Crippen LogP contribution in [0.4, 0.5) is 9.18 Å². The number of halogens is 1. The van der Waals surface area contributed by atoms with Gasteiger partial charge in [0.05, 0.1) is 5.52 Å². The molecule has 1 aromatic carbocycles. The molecule has 0 bridgehead atoms. The minimum Gasteiger partial charge on any atom is -0.443 e. The number of aromatic nitrogens is 5. The Balaban J connectivity index is 1.27. The second-order valence-corrected chi connectivity index (χ2v) is 12.3. The normalized spacial score (nSPS) is 14.4. The van der Waals surface area contributed by atoms with Crippen LogP contribution in [-0.2, 0) is 16.7 Å². The minimum atomic E-state index is -0.578. The van der Waals surface area contributed by atoms with E-state index >= 15 is 4.39 Å². The third kappa shape index (κ3) is 7.05. The number of H-pyrrole nitrogens is 1. The first kappa shape index (κ1) is 29.8. The standard InChI is InChI=1S/C30H35FN8O4/c1-29(2,3)27-36-26(43-38-27)25(40)33-16-19-8-7-18(15-21(19)31)20-9-12-32-24-22(20)34-23(35-24)17-10-13-39(14-11-17)37-28(41)42-30(4,5)6/h7-10,12,15H,11,13-14,16H2,1-6H3,(H,33,40)(H,37,41)(H,32,34,35). The van der Waals surface area contributed by atoms with Gasteiger partial charge < -0.3 is 19.6 Å². The number of fused-ring (bicyclic) bond motifs is 1. The Morgan fingerprint density at radius 2 is 1.93 bits per heavy atom. The number of rotatable bonds is 6.